The zero-order chi connectivity index (χ0) is 22.0. The minimum absolute atomic E-state index is 0.0131. The lowest BCUT2D eigenvalue weighted by Crippen LogP contribution is -2.19. The standard InChI is InChI=1S/C27H38O4/c1-27(2,17-18-8-4-3-5-9-18)15-7-12-20-22(28)16-23-25(20)21-11-6-10-19(26(21)31-23)13-14-24(29)30/h6-7,10-12,18,20,22-23,25,28H,3-5,8-9,13-17H2,1-2H3,(H,29,30)/b12-7+/t20?,22-,23+,25?/m1/s1. The summed E-state index contributed by atoms with van der Waals surface area (Å²) in [7, 11) is 0. The summed E-state index contributed by atoms with van der Waals surface area (Å²) in [5, 5.41) is 19.8. The van der Waals surface area contributed by atoms with Gasteiger partial charge in [-0.1, -0.05) is 76.3 Å². The molecule has 0 amide bonds. The lowest BCUT2D eigenvalue weighted by atomic mass is 9.74. The number of aryl methyl sites for hydroxylation is 1. The molecule has 0 bridgehead atoms. The fourth-order valence-corrected chi connectivity index (χ4v) is 6.21. The lowest BCUT2D eigenvalue weighted by molar-refractivity contribution is -0.136. The number of carbonyl (C=O) groups is 1. The molecule has 1 aromatic carbocycles. The van der Waals surface area contributed by atoms with E-state index in [0.717, 1.165) is 29.2 Å². The fourth-order valence-electron chi connectivity index (χ4n) is 6.21. The van der Waals surface area contributed by atoms with Gasteiger partial charge in [0.1, 0.15) is 11.9 Å². The zero-order valence-corrected chi connectivity index (χ0v) is 19.1. The average molecular weight is 427 g/mol. The second kappa shape index (κ2) is 9.36. The highest BCUT2D eigenvalue weighted by molar-refractivity contribution is 5.67. The Kier molecular flexibility index (Phi) is 6.76. The third kappa shape index (κ3) is 5.16. The number of benzene rings is 1. The van der Waals surface area contributed by atoms with E-state index >= 15 is 0 Å². The Bertz CT molecular complexity index is 805. The zero-order valence-electron chi connectivity index (χ0n) is 19.1. The van der Waals surface area contributed by atoms with E-state index in [4.69, 9.17) is 9.84 Å². The first-order valence-electron chi connectivity index (χ1n) is 12.2. The molecular weight excluding hydrogens is 388 g/mol. The highest BCUT2D eigenvalue weighted by Crippen LogP contribution is 2.52. The van der Waals surface area contributed by atoms with Crippen LogP contribution in [0.1, 0.15) is 88.7 Å². The quantitative estimate of drug-likeness (QED) is 0.510. The molecule has 1 aliphatic heterocycles. The molecule has 1 aromatic rings. The molecule has 3 aliphatic rings. The van der Waals surface area contributed by atoms with Crippen LogP contribution in [0.15, 0.2) is 30.4 Å². The van der Waals surface area contributed by atoms with E-state index in [-0.39, 0.29) is 35.9 Å². The van der Waals surface area contributed by atoms with Gasteiger partial charge in [-0.25, -0.2) is 0 Å². The molecule has 2 fully saturated rings. The van der Waals surface area contributed by atoms with E-state index in [2.05, 4.69) is 32.1 Å². The van der Waals surface area contributed by atoms with Crippen molar-refractivity contribution >= 4 is 5.97 Å². The molecule has 2 aliphatic carbocycles. The van der Waals surface area contributed by atoms with Crippen molar-refractivity contribution in [1.82, 2.24) is 0 Å². The molecule has 0 radical (unpaired) electrons. The molecule has 1 heterocycles. The van der Waals surface area contributed by atoms with Gasteiger partial charge in [0.05, 0.1) is 6.10 Å². The fraction of sp³-hybridized carbons (Fsp3) is 0.667. The Morgan fingerprint density at radius 3 is 2.74 bits per heavy atom. The number of rotatable bonds is 8. The molecule has 4 atom stereocenters. The number of allylic oxidation sites excluding steroid dienone is 1. The van der Waals surface area contributed by atoms with Crippen LogP contribution in [0.4, 0.5) is 0 Å². The molecule has 0 saturated heterocycles. The van der Waals surface area contributed by atoms with Crippen LogP contribution in [0.3, 0.4) is 0 Å². The van der Waals surface area contributed by atoms with Crippen LogP contribution >= 0.6 is 0 Å². The smallest absolute Gasteiger partial charge is 0.303 e. The molecule has 4 heteroatoms. The number of ether oxygens (including phenoxy) is 1. The van der Waals surface area contributed by atoms with Gasteiger partial charge in [0.2, 0.25) is 0 Å². The summed E-state index contributed by atoms with van der Waals surface area (Å²) in [5.74, 6) is 1.17. The summed E-state index contributed by atoms with van der Waals surface area (Å²) in [6.07, 6.45) is 14.6. The first-order valence-corrected chi connectivity index (χ1v) is 12.2. The van der Waals surface area contributed by atoms with Crippen molar-refractivity contribution in [3.63, 3.8) is 0 Å². The highest BCUT2D eigenvalue weighted by Gasteiger charge is 2.48. The first kappa shape index (κ1) is 22.4. The lowest BCUT2D eigenvalue weighted by Gasteiger charge is -2.31. The van der Waals surface area contributed by atoms with Crippen LogP contribution in [0.2, 0.25) is 0 Å². The Hall–Kier alpha value is -1.81. The number of carboxylic acid groups (broad SMARTS) is 1. The van der Waals surface area contributed by atoms with Crippen LogP contribution < -0.4 is 4.74 Å². The van der Waals surface area contributed by atoms with Gasteiger partial charge < -0.3 is 14.9 Å². The molecule has 170 valence electrons. The molecule has 2 saturated carbocycles. The Balaban J connectivity index is 1.43. The molecule has 4 nitrogen and oxygen atoms in total. The predicted molar refractivity (Wildman–Crippen MR) is 122 cm³/mol. The van der Waals surface area contributed by atoms with E-state index in [1.807, 2.05) is 12.1 Å². The van der Waals surface area contributed by atoms with Gasteiger partial charge in [0.15, 0.2) is 0 Å². The van der Waals surface area contributed by atoms with E-state index < -0.39 is 5.97 Å². The number of aliphatic hydroxyl groups excluding tert-OH is 1. The number of para-hydroxylation sites is 1. The summed E-state index contributed by atoms with van der Waals surface area (Å²) in [4.78, 5) is 11.0. The second-order valence-electron chi connectivity index (χ2n) is 10.8. The molecule has 2 unspecified atom stereocenters. The van der Waals surface area contributed by atoms with Crippen LogP contribution in [0.25, 0.3) is 0 Å². The molecule has 2 N–H and O–H groups in total. The largest absolute Gasteiger partial charge is 0.489 e. The van der Waals surface area contributed by atoms with Gasteiger partial charge in [-0.2, -0.15) is 0 Å². The maximum atomic E-state index is 11.0. The van der Waals surface area contributed by atoms with Gasteiger partial charge in [-0.05, 0) is 36.2 Å². The van der Waals surface area contributed by atoms with Crippen LogP contribution in [0, 0.1) is 17.3 Å². The highest BCUT2D eigenvalue weighted by atomic mass is 16.5. The van der Waals surface area contributed by atoms with Crippen molar-refractivity contribution in [3.05, 3.63) is 41.5 Å². The number of hydrogen-bond donors (Lipinski definition) is 2. The second-order valence-corrected chi connectivity index (χ2v) is 10.8. The Labute approximate surface area is 186 Å². The molecule has 0 aromatic heterocycles. The summed E-state index contributed by atoms with van der Waals surface area (Å²) < 4.78 is 6.26. The van der Waals surface area contributed by atoms with Gasteiger partial charge in [-0.15, -0.1) is 0 Å². The number of fused-ring (bicyclic) bond motifs is 3. The number of carboxylic acids is 1. The first-order chi connectivity index (χ1) is 14.8. The maximum absolute atomic E-state index is 11.0. The Morgan fingerprint density at radius 1 is 1.23 bits per heavy atom. The predicted octanol–water partition coefficient (Wildman–Crippen LogP) is 5.87. The van der Waals surface area contributed by atoms with Crippen LogP contribution in [-0.2, 0) is 11.2 Å². The number of aliphatic hydroxyl groups is 1. The van der Waals surface area contributed by atoms with Gasteiger partial charge >= 0.3 is 5.97 Å². The van der Waals surface area contributed by atoms with E-state index in [9.17, 15) is 9.90 Å². The topological polar surface area (TPSA) is 66.8 Å². The van der Waals surface area contributed by atoms with Crippen LogP contribution in [0.5, 0.6) is 5.75 Å². The SMILES string of the molecule is CC(C)(C/C=C/C1C2c3cccc(CCC(=O)O)c3O[C@H]2C[C@H]1O)CC1CCCCC1. The van der Waals surface area contributed by atoms with Crippen molar-refractivity contribution in [2.24, 2.45) is 17.3 Å². The molecular formula is C27H38O4. The van der Waals surface area contributed by atoms with Gasteiger partial charge in [0, 0.05) is 30.2 Å². The number of aliphatic carboxylic acids is 1. The summed E-state index contributed by atoms with van der Waals surface area (Å²) in [6.45, 7) is 4.76. The van der Waals surface area contributed by atoms with Crippen molar-refractivity contribution in [2.45, 2.75) is 96.2 Å². The average Bonchev–Trinajstić information content (AvgIpc) is 3.22. The maximum Gasteiger partial charge on any atom is 0.303 e. The summed E-state index contributed by atoms with van der Waals surface area (Å²) in [6, 6.07) is 6.06. The minimum atomic E-state index is -0.789. The number of hydrogen-bond acceptors (Lipinski definition) is 3. The summed E-state index contributed by atoms with van der Waals surface area (Å²) >= 11 is 0. The van der Waals surface area contributed by atoms with E-state index in [1.54, 1.807) is 0 Å². The summed E-state index contributed by atoms with van der Waals surface area (Å²) in [5.41, 5.74) is 2.40. The molecule has 4 rings (SSSR count). The van der Waals surface area contributed by atoms with E-state index in [1.165, 1.54) is 38.5 Å². The third-order valence-corrected chi connectivity index (χ3v) is 7.69. The molecule has 31 heavy (non-hydrogen) atoms. The third-order valence-electron chi connectivity index (χ3n) is 7.69. The van der Waals surface area contributed by atoms with Crippen molar-refractivity contribution in [1.29, 1.82) is 0 Å². The molecule has 0 spiro atoms. The Morgan fingerprint density at radius 2 is 2.00 bits per heavy atom. The van der Waals surface area contributed by atoms with Gasteiger partial charge in [-0.3, -0.25) is 4.79 Å². The normalized spacial score (nSPS) is 28.5. The van der Waals surface area contributed by atoms with Crippen molar-refractivity contribution in [3.8, 4) is 5.75 Å². The van der Waals surface area contributed by atoms with E-state index in [0.29, 0.717) is 12.8 Å². The van der Waals surface area contributed by atoms with Gasteiger partial charge in [0.25, 0.3) is 0 Å². The van der Waals surface area contributed by atoms with Crippen molar-refractivity contribution in [2.75, 3.05) is 0 Å². The van der Waals surface area contributed by atoms with Crippen molar-refractivity contribution < 1.29 is 19.7 Å². The minimum Gasteiger partial charge on any atom is -0.489 e. The van der Waals surface area contributed by atoms with Crippen LogP contribution in [-0.4, -0.2) is 28.4 Å². The monoisotopic (exact) mass is 426 g/mol.